The van der Waals surface area contributed by atoms with Gasteiger partial charge in [-0.25, -0.2) is 4.79 Å². The van der Waals surface area contributed by atoms with Crippen LogP contribution in [0.3, 0.4) is 0 Å². The average Bonchev–Trinajstić information content (AvgIpc) is 2.88. The summed E-state index contributed by atoms with van der Waals surface area (Å²) in [7, 11) is 0. The van der Waals surface area contributed by atoms with Crippen molar-refractivity contribution in [1.29, 1.82) is 0 Å². The molecule has 2 amide bonds. The zero-order valence-corrected chi connectivity index (χ0v) is 12.4. The number of rotatable bonds is 4. The Balaban J connectivity index is 1.92. The maximum Gasteiger partial charge on any atom is 0.321 e. The first-order valence-electron chi connectivity index (χ1n) is 6.38. The van der Waals surface area contributed by atoms with Crippen LogP contribution in [0, 0.1) is 0 Å². The molecule has 0 saturated heterocycles. The van der Waals surface area contributed by atoms with E-state index in [1.54, 1.807) is 6.20 Å². The molecule has 0 bridgehead atoms. The summed E-state index contributed by atoms with van der Waals surface area (Å²) in [6, 6.07) is 5.11. The van der Waals surface area contributed by atoms with Crippen LogP contribution >= 0.6 is 11.3 Å². The molecule has 0 radical (unpaired) electrons. The molecular formula is C13H17N5OS. The van der Waals surface area contributed by atoms with Gasteiger partial charge in [0.25, 0.3) is 0 Å². The van der Waals surface area contributed by atoms with E-state index in [4.69, 9.17) is 0 Å². The minimum absolute atomic E-state index is 0.173. The first-order chi connectivity index (χ1) is 9.56. The second kappa shape index (κ2) is 6.42. The number of carbonyl (C=O) groups excluding carboxylic acids is 1. The van der Waals surface area contributed by atoms with Crippen LogP contribution in [0.25, 0.3) is 0 Å². The van der Waals surface area contributed by atoms with E-state index in [2.05, 4.69) is 25.8 Å². The molecule has 0 aliphatic carbocycles. The normalized spacial score (nSPS) is 12.2. The molecule has 2 N–H and O–H groups in total. The Morgan fingerprint density at radius 3 is 2.65 bits per heavy atom. The van der Waals surface area contributed by atoms with Gasteiger partial charge in [-0.2, -0.15) is 0 Å². The summed E-state index contributed by atoms with van der Waals surface area (Å²) in [6.07, 6.45) is 1.70. The Bertz CT molecular complexity index is 569. The molecule has 0 spiro atoms. The topological polar surface area (TPSA) is 79.8 Å². The second-order valence-corrected chi connectivity index (χ2v) is 5.68. The highest BCUT2D eigenvalue weighted by molar-refractivity contribution is 7.15. The number of anilines is 1. The van der Waals surface area contributed by atoms with Crippen molar-refractivity contribution in [2.24, 2.45) is 0 Å². The predicted molar refractivity (Wildman–Crippen MR) is 78.8 cm³/mol. The van der Waals surface area contributed by atoms with Gasteiger partial charge in [-0.15, -0.1) is 10.2 Å². The van der Waals surface area contributed by atoms with Crippen molar-refractivity contribution in [3.05, 3.63) is 35.1 Å². The van der Waals surface area contributed by atoms with E-state index < -0.39 is 0 Å². The quantitative estimate of drug-likeness (QED) is 0.907. The molecule has 0 aromatic carbocycles. The molecule has 0 aliphatic rings. The Hall–Kier alpha value is -2.02. The van der Waals surface area contributed by atoms with Crippen molar-refractivity contribution in [1.82, 2.24) is 20.5 Å². The van der Waals surface area contributed by atoms with Crippen LogP contribution in [-0.4, -0.2) is 21.2 Å². The van der Waals surface area contributed by atoms with Gasteiger partial charge in [0, 0.05) is 12.1 Å². The number of hydrogen-bond acceptors (Lipinski definition) is 5. The number of nitrogens with one attached hydrogen (secondary N) is 2. The van der Waals surface area contributed by atoms with E-state index in [0.29, 0.717) is 11.0 Å². The molecule has 20 heavy (non-hydrogen) atoms. The standard InChI is InChI=1S/C13H17N5OS/c1-8(2)11-17-18-13(20-11)16-12(19)15-9(3)10-6-4-5-7-14-10/h4-9H,1-3H3,(H2,15,16,18,19). The maximum atomic E-state index is 11.9. The third kappa shape index (κ3) is 3.74. The molecular weight excluding hydrogens is 274 g/mol. The van der Waals surface area contributed by atoms with E-state index in [1.807, 2.05) is 39.0 Å². The monoisotopic (exact) mass is 291 g/mol. The molecule has 0 saturated carbocycles. The van der Waals surface area contributed by atoms with E-state index in [0.717, 1.165) is 10.7 Å². The number of amides is 2. The number of aromatic nitrogens is 3. The average molecular weight is 291 g/mol. The summed E-state index contributed by atoms with van der Waals surface area (Å²) in [5, 5.41) is 14.9. The molecule has 2 aromatic heterocycles. The van der Waals surface area contributed by atoms with Crippen molar-refractivity contribution in [2.75, 3.05) is 5.32 Å². The fourth-order valence-corrected chi connectivity index (χ4v) is 2.30. The smallest absolute Gasteiger partial charge is 0.321 e. The van der Waals surface area contributed by atoms with Crippen molar-refractivity contribution in [3.8, 4) is 0 Å². The lowest BCUT2D eigenvalue weighted by Crippen LogP contribution is -2.31. The lowest BCUT2D eigenvalue weighted by Gasteiger charge is -2.12. The lowest BCUT2D eigenvalue weighted by molar-refractivity contribution is 0.249. The highest BCUT2D eigenvalue weighted by Gasteiger charge is 2.13. The lowest BCUT2D eigenvalue weighted by atomic mass is 10.2. The van der Waals surface area contributed by atoms with Gasteiger partial charge in [0.1, 0.15) is 5.01 Å². The van der Waals surface area contributed by atoms with Crippen molar-refractivity contribution in [3.63, 3.8) is 0 Å². The van der Waals surface area contributed by atoms with E-state index in [1.165, 1.54) is 11.3 Å². The minimum Gasteiger partial charge on any atom is -0.330 e. The van der Waals surface area contributed by atoms with Crippen LogP contribution in [0.1, 0.15) is 43.4 Å². The zero-order valence-electron chi connectivity index (χ0n) is 11.6. The van der Waals surface area contributed by atoms with Gasteiger partial charge in [-0.05, 0) is 19.1 Å². The summed E-state index contributed by atoms with van der Waals surface area (Å²) in [4.78, 5) is 16.1. The predicted octanol–water partition coefficient (Wildman–Crippen LogP) is 2.94. The SMILES string of the molecule is CC(C)c1nnc(NC(=O)NC(C)c2ccccn2)s1. The number of hydrogen-bond donors (Lipinski definition) is 2. The maximum absolute atomic E-state index is 11.9. The minimum atomic E-state index is -0.311. The van der Waals surface area contributed by atoms with Crippen LogP contribution < -0.4 is 10.6 Å². The third-order valence-electron chi connectivity index (χ3n) is 2.63. The van der Waals surface area contributed by atoms with E-state index in [9.17, 15) is 4.79 Å². The summed E-state index contributed by atoms with van der Waals surface area (Å²) in [6.45, 7) is 5.95. The van der Waals surface area contributed by atoms with E-state index in [-0.39, 0.29) is 12.1 Å². The molecule has 2 aromatic rings. The highest BCUT2D eigenvalue weighted by Crippen LogP contribution is 2.22. The van der Waals surface area contributed by atoms with Gasteiger partial charge in [0.05, 0.1) is 11.7 Å². The molecule has 0 aliphatic heterocycles. The van der Waals surface area contributed by atoms with Gasteiger partial charge in [-0.3, -0.25) is 10.3 Å². The second-order valence-electron chi connectivity index (χ2n) is 4.67. The molecule has 106 valence electrons. The van der Waals surface area contributed by atoms with Gasteiger partial charge < -0.3 is 5.32 Å². The molecule has 7 heteroatoms. The van der Waals surface area contributed by atoms with Crippen LogP contribution in [-0.2, 0) is 0 Å². The van der Waals surface area contributed by atoms with Crippen LogP contribution in [0.4, 0.5) is 9.93 Å². The van der Waals surface area contributed by atoms with Crippen molar-refractivity contribution < 1.29 is 4.79 Å². The van der Waals surface area contributed by atoms with E-state index >= 15 is 0 Å². The number of carbonyl (C=O) groups is 1. The third-order valence-corrected chi connectivity index (χ3v) is 3.77. The molecule has 2 heterocycles. The van der Waals surface area contributed by atoms with Crippen LogP contribution in [0.5, 0.6) is 0 Å². The molecule has 2 rings (SSSR count). The first-order valence-corrected chi connectivity index (χ1v) is 7.19. The summed E-state index contributed by atoms with van der Waals surface area (Å²) in [5.41, 5.74) is 0.808. The molecule has 6 nitrogen and oxygen atoms in total. The Kier molecular flexibility index (Phi) is 4.62. The number of pyridine rings is 1. The molecule has 1 atom stereocenters. The number of urea groups is 1. The number of nitrogens with zero attached hydrogens (tertiary/aromatic N) is 3. The fraction of sp³-hybridized carbons (Fsp3) is 0.385. The molecule has 1 unspecified atom stereocenters. The largest absolute Gasteiger partial charge is 0.330 e. The first kappa shape index (κ1) is 14.4. The molecule has 0 fully saturated rings. The Labute approximate surface area is 121 Å². The summed E-state index contributed by atoms with van der Waals surface area (Å²) >= 11 is 1.38. The van der Waals surface area contributed by atoms with Crippen LogP contribution in [0.15, 0.2) is 24.4 Å². The van der Waals surface area contributed by atoms with Gasteiger partial charge in [0.2, 0.25) is 5.13 Å². The van der Waals surface area contributed by atoms with Crippen LogP contribution in [0.2, 0.25) is 0 Å². The zero-order chi connectivity index (χ0) is 14.5. The summed E-state index contributed by atoms with van der Waals surface area (Å²) in [5.74, 6) is 0.304. The fourth-order valence-electron chi connectivity index (χ4n) is 1.55. The van der Waals surface area contributed by atoms with Crippen molar-refractivity contribution in [2.45, 2.75) is 32.7 Å². The van der Waals surface area contributed by atoms with Gasteiger partial charge in [-0.1, -0.05) is 31.3 Å². The summed E-state index contributed by atoms with van der Waals surface area (Å²) < 4.78 is 0. The van der Waals surface area contributed by atoms with Gasteiger partial charge in [0.15, 0.2) is 0 Å². The van der Waals surface area contributed by atoms with Crippen molar-refractivity contribution >= 4 is 22.5 Å². The Morgan fingerprint density at radius 2 is 2.05 bits per heavy atom. The van der Waals surface area contributed by atoms with Gasteiger partial charge >= 0.3 is 6.03 Å². The highest BCUT2D eigenvalue weighted by atomic mass is 32.1. The Morgan fingerprint density at radius 1 is 1.25 bits per heavy atom.